The van der Waals surface area contributed by atoms with E-state index in [0.717, 1.165) is 0 Å². The summed E-state index contributed by atoms with van der Waals surface area (Å²) in [5.74, 6) is -0.674. The third kappa shape index (κ3) is 2.27. The SMILES string of the molecule is COP(=O)(OC)C1CC(c2ccccc2O)=NO1. The number of phenols is 1. The van der Waals surface area contributed by atoms with E-state index in [9.17, 15) is 9.67 Å². The van der Waals surface area contributed by atoms with E-state index in [1.54, 1.807) is 24.3 Å². The smallest absolute Gasteiger partial charge is 0.373 e. The van der Waals surface area contributed by atoms with E-state index in [2.05, 4.69) is 5.16 Å². The fourth-order valence-corrected chi connectivity index (χ4v) is 2.90. The number of benzene rings is 1. The highest BCUT2D eigenvalue weighted by atomic mass is 31.2. The number of aromatic hydroxyl groups is 1. The fourth-order valence-electron chi connectivity index (χ4n) is 1.72. The minimum Gasteiger partial charge on any atom is -0.507 e. The quantitative estimate of drug-likeness (QED) is 0.850. The minimum atomic E-state index is -3.32. The summed E-state index contributed by atoms with van der Waals surface area (Å²) in [6, 6.07) is 6.75. The number of hydrogen-bond acceptors (Lipinski definition) is 6. The van der Waals surface area contributed by atoms with Crippen LogP contribution < -0.4 is 0 Å². The van der Waals surface area contributed by atoms with Crippen LogP contribution in [0, 0.1) is 0 Å². The summed E-state index contributed by atoms with van der Waals surface area (Å²) in [6.07, 6.45) is 0.260. The van der Waals surface area contributed by atoms with Crippen LogP contribution in [0.15, 0.2) is 29.4 Å². The molecule has 1 N–H and O–H groups in total. The Labute approximate surface area is 105 Å². The largest absolute Gasteiger partial charge is 0.507 e. The molecule has 1 aromatic rings. The van der Waals surface area contributed by atoms with Gasteiger partial charge in [0.2, 0.25) is 5.85 Å². The lowest BCUT2D eigenvalue weighted by molar-refractivity contribution is 0.106. The molecule has 6 nitrogen and oxygen atoms in total. The molecule has 0 fully saturated rings. The monoisotopic (exact) mass is 271 g/mol. The standard InChI is InChI=1S/C11H14NO5P/c1-15-18(14,16-2)11-7-9(12-17-11)8-5-3-4-6-10(8)13/h3-6,11,13H,7H2,1-2H3. The van der Waals surface area contributed by atoms with Gasteiger partial charge in [-0.15, -0.1) is 0 Å². The molecule has 0 spiro atoms. The van der Waals surface area contributed by atoms with Crippen LogP contribution in [0.5, 0.6) is 5.75 Å². The molecule has 0 saturated heterocycles. The van der Waals surface area contributed by atoms with E-state index in [0.29, 0.717) is 11.3 Å². The average Bonchev–Trinajstić information content (AvgIpc) is 2.88. The number of rotatable bonds is 4. The first-order valence-electron chi connectivity index (χ1n) is 5.33. The Morgan fingerprint density at radius 2 is 2.06 bits per heavy atom. The zero-order chi connectivity index (χ0) is 13.2. The predicted octanol–water partition coefficient (Wildman–Crippen LogP) is 2.33. The molecule has 1 aromatic carbocycles. The maximum absolute atomic E-state index is 12.1. The first-order valence-corrected chi connectivity index (χ1v) is 6.94. The van der Waals surface area contributed by atoms with Gasteiger partial charge in [0.05, 0.1) is 5.71 Å². The van der Waals surface area contributed by atoms with Crippen LogP contribution in [-0.4, -0.2) is 30.9 Å². The maximum Gasteiger partial charge on any atom is 0.373 e. The van der Waals surface area contributed by atoms with Crippen molar-refractivity contribution in [2.45, 2.75) is 12.3 Å². The molecule has 0 bridgehead atoms. The topological polar surface area (TPSA) is 77.4 Å². The normalized spacial score (nSPS) is 19.4. The Hall–Kier alpha value is -1.36. The number of phenolic OH excluding ortho intramolecular Hbond substituents is 1. The van der Waals surface area contributed by atoms with E-state index < -0.39 is 13.4 Å². The van der Waals surface area contributed by atoms with Gasteiger partial charge in [-0.2, -0.15) is 0 Å². The third-order valence-corrected chi connectivity index (χ3v) is 4.73. The Kier molecular flexibility index (Phi) is 3.71. The van der Waals surface area contributed by atoms with Gasteiger partial charge in [0.25, 0.3) is 0 Å². The molecule has 0 amide bonds. The van der Waals surface area contributed by atoms with Crippen molar-refractivity contribution < 1.29 is 23.6 Å². The second kappa shape index (κ2) is 5.10. The van der Waals surface area contributed by atoms with Crippen LogP contribution in [0.25, 0.3) is 0 Å². The van der Waals surface area contributed by atoms with Crippen LogP contribution in [0.2, 0.25) is 0 Å². The molecule has 1 atom stereocenters. The molecule has 1 aliphatic heterocycles. The first-order chi connectivity index (χ1) is 8.60. The van der Waals surface area contributed by atoms with Crippen LogP contribution in [0.4, 0.5) is 0 Å². The zero-order valence-electron chi connectivity index (χ0n) is 10.1. The van der Waals surface area contributed by atoms with E-state index in [4.69, 9.17) is 13.9 Å². The van der Waals surface area contributed by atoms with Gasteiger partial charge in [-0.1, -0.05) is 17.3 Å². The molecule has 2 rings (SSSR count). The van der Waals surface area contributed by atoms with Gasteiger partial charge >= 0.3 is 7.60 Å². The Morgan fingerprint density at radius 3 is 2.67 bits per heavy atom. The Bertz CT molecular complexity index is 508. The van der Waals surface area contributed by atoms with E-state index in [1.165, 1.54) is 14.2 Å². The van der Waals surface area contributed by atoms with E-state index in [-0.39, 0.29) is 12.2 Å². The molecule has 7 heteroatoms. The molecular weight excluding hydrogens is 257 g/mol. The molecule has 0 aliphatic carbocycles. The van der Waals surface area contributed by atoms with Crippen LogP contribution in [-0.2, 0) is 18.5 Å². The molecule has 98 valence electrons. The second-order valence-electron chi connectivity index (χ2n) is 3.72. The number of para-hydroxylation sites is 1. The first kappa shape index (κ1) is 13.1. The van der Waals surface area contributed by atoms with Crippen molar-refractivity contribution >= 4 is 13.3 Å². The highest BCUT2D eigenvalue weighted by Crippen LogP contribution is 2.55. The molecule has 0 radical (unpaired) electrons. The molecule has 1 heterocycles. The molecule has 0 saturated carbocycles. The van der Waals surface area contributed by atoms with Gasteiger partial charge in [0.15, 0.2) is 0 Å². The number of nitrogens with zero attached hydrogens (tertiary/aromatic N) is 1. The maximum atomic E-state index is 12.1. The lowest BCUT2D eigenvalue weighted by Crippen LogP contribution is -2.11. The molecular formula is C11H14NO5P. The minimum absolute atomic E-state index is 0.102. The fraction of sp³-hybridized carbons (Fsp3) is 0.364. The Balaban J connectivity index is 2.18. The highest BCUT2D eigenvalue weighted by molar-refractivity contribution is 7.54. The van der Waals surface area contributed by atoms with Crippen LogP contribution in [0.1, 0.15) is 12.0 Å². The van der Waals surface area contributed by atoms with Crippen LogP contribution >= 0.6 is 7.60 Å². The number of oxime groups is 1. The van der Waals surface area contributed by atoms with Crippen molar-refractivity contribution in [2.24, 2.45) is 5.16 Å². The molecule has 0 aromatic heterocycles. The number of hydrogen-bond donors (Lipinski definition) is 1. The van der Waals surface area contributed by atoms with Gasteiger partial charge in [0.1, 0.15) is 5.75 Å². The molecule has 1 aliphatic rings. The summed E-state index contributed by atoms with van der Waals surface area (Å²) in [7, 11) is -0.726. The van der Waals surface area contributed by atoms with Gasteiger partial charge in [-0.25, -0.2) is 0 Å². The van der Waals surface area contributed by atoms with Gasteiger partial charge in [-0.3, -0.25) is 4.57 Å². The predicted molar refractivity (Wildman–Crippen MR) is 65.8 cm³/mol. The summed E-state index contributed by atoms with van der Waals surface area (Å²) < 4.78 is 21.8. The average molecular weight is 271 g/mol. The highest BCUT2D eigenvalue weighted by Gasteiger charge is 2.41. The van der Waals surface area contributed by atoms with E-state index >= 15 is 0 Å². The van der Waals surface area contributed by atoms with Crippen molar-refractivity contribution in [2.75, 3.05) is 14.2 Å². The zero-order valence-corrected chi connectivity index (χ0v) is 11.0. The van der Waals surface area contributed by atoms with E-state index in [1.807, 2.05) is 0 Å². The summed E-state index contributed by atoms with van der Waals surface area (Å²) in [4.78, 5) is 5.09. The van der Waals surface area contributed by atoms with Crippen molar-refractivity contribution in [3.8, 4) is 5.75 Å². The van der Waals surface area contributed by atoms with Gasteiger partial charge < -0.3 is 19.0 Å². The lowest BCUT2D eigenvalue weighted by Gasteiger charge is -2.17. The van der Waals surface area contributed by atoms with Crippen molar-refractivity contribution in [1.29, 1.82) is 0 Å². The van der Waals surface area contributed by atoms with Crippen molar-refractivity contribution in [3.63, 3.8) is 0 Å². The summed E-state index contributed by atoms with van der Waals surface area (Å²) >= 11 is 0. The summed E-state index contributed by atoms with van der Waals surface area (Å²) in [5.41, 5.74) is 1.08. The van der Waals surface area contributed by atoms with Crippen molar-refractivity contribution in [3.05, 3.63) is 29.8 Å². The van der Waals surface area contributed by atoms with Gasteiger partial charge in [-0.05, 0) is 12.1 Å². The molecule has 1 unspecified atom stereocenters. The third-order valence-electron chi connectivity index (χ3n) is 2.73. The lowest BCUT2D eigenvalue weighted by atomic mass is 10.1. The van der Waals surface area contributed by atoms with Gasteiger partial charge in [0, 0.05) is 26.2 Å². The van der Waals surface area contributed by atoms with Crippen LogP contribution in [0.3, 0.4) is 0 Å². The summed E-state index contributed by atoms with van der Waals surface area (Å²) in [5, 5.41) is 13.5. The summed E-state index contributed by atoms with van der Waals surface area (Å²) in [6.45, 7) is 0. The van der Waals surface area contributed by atoms with Crippen molar-refractivity contribution in [1.82, 2.24) is 0 Å². The Morgan fingerprint density at radius 1 is 1.39 bits per heavy atom. The second-order valence-corrected chi connectivity index (χ2v) is 6.11. The molecule has 18 heavy (non-hydrogen) atoms.